The van der Waals surface area contributed by atoms with Gasteiger partial charge in [-0.15, -0.1) is 0 Å². The fourth-order valence-corrected chi connectivity index (χ4v) is 0.539. The predicted octanol–water partition coefficient (Wildman–Crippen LogP) is 1.42. The number of aromatic nitrogens is 2. The Labute approximate surface area is 59.6 Å². The number of anilines is 1. The van der Waals surface area contributed by atoms with E-state index in [1.807, 2.05) is 0 Å². The lowest BCUT2D eigenvalue weighted by Crippen LogP contribution is -1.93. The Morgan fingerprint density at radius 2 is 2.11 bits per heavy atom. The quantitative estimate of drug-likeness (QED) is 0.650. The van der Waals surface area contributed by atoms with Gasteiger partial charge in [0, 0.05) is 8.47 Å². The summed E-state index contributed by atoms with van der Waals surface area (Å²) in [7, 11) is 1.75. The van der Waals surface area contributed by atoms with Crippen molar-refractivity contribution in [2.75, 3.05) is 12.4 Å². The standard InChI is InChI=1S/C5H6ClN3.H2/c1-7-5-8-2-4(6)3-9-5;/h2-3H,1H3,(H,7,8,9);1H. The van der Waals surface area contributed by atoms with Gasteiger partial charge in [0.15, 0.2) is 0 Å². The van der Waals surface area contributed by atoms with Crippen LogP contribution in [0, 0.1) is 0 Å². The van der Waals surface area contributed by atoms with Crippen molar-refractivity contribution in [1.82, 2.24) is 9.97 Å². The van der Waals surface area contributed by atoms with Gasteiger partial charge in [-0.1, -0.05) is 11.6 Å². The Bertz CT molecular complexity index is 189. The molecule has 0 aromatic carbocycles. The van der Waals surface area contributed by atoms with Crippen molar-refractivity contribution >= 4 is 17.5 Å². The lowest BCUT2D eigenvalue weighted by Gasteiger charge is -1.93. The molecule has 1 rings (SSSR count). The number of rotatable bonds is 1. The summed E-state index contributed by atoms with van der Waals surface area (Å²) in [6.45, 7) is 0. The molecule has 0 amide bonds. The van der Waals surface area contributed by atoms with Gasteiger partial charge in [-0.25, -0.2) is 9.97 Å². The average Bonchev–Trinajstić information content (AvgIpc) is 1.90. The fraction of sp³-hybridized carbons (Fsp3) is 0.200. The minimum Gasteiger partial charge on any atom is -0.357 e. The number of nitrogens with zero attached hydrogens (tertiary/aromatic N) is 2. The lowest BCUT2D eigenvalue weighted by molar-refractivity contribution is 1.15. The Morgan fingerprint density at radius 1 is 1.56 bits per heavy atom. The molecule has 0 bridgehead atoms. The van der Waals surface area contributed by atoms with Crippen molar-refractivity contribution in [2.45, 2.75) is 0 Å². The maximum absolute atomic E-state index is 5.52. The number of hydrogen-bond donors (Lipinski definition) is 1. The number of halogens is 1. The summed E-state index contributed by atoms with van der Waals surface area (Å²) in [6, 6.07) is 0. The monoisotopic (exact) mass is 145 g/mol. The third kappa shape index (κ3) is 1.54. The number of nitrogens with one attached hydrogen (secondary N) is 1. The Kier molecular flexibility index (Phi) is 1.85. The van der Waals surface area contributed by atoms with E-state index in [1.54, 1.807) is 19.4 Å². The maximum atomic E-state index is 5.52. The van der Waals surface area contributed by atoms with Crippen LogP contribution in [0.5, 0.6) is 0 Å². The van der Waals surface area contributed by atoms with Gasteiger partial charge < -0.3 is 5.32 Å². The molecule has 1 aromatic heterocycles. The smallest absolute Gasteiger partial charge is 0.222 e. The van der Waals surface area contributed by atoms with Crippen LogP contribution in [-0.4, -0.2) is 17.0 Å². The zero-order chi connectivity index (χ0) is 6.69. The molecule has 0 radical (unpaired) electrons. The van der Waals surface area contributed by atoms with E-state index < -0.39 is 0 Å². The first kappa shape index (κ1) is 6.29. The third-order valence-corrected chi connectivity index (χ3v) is 1.04. The van der Waals surface area contributed by atoms with Crippen molar-refractivity contribution in [2.24, 2.45) is 0 Å². The molecule has 0 fully saturated rings. The molecule has 0 aliphatic heterocycles. The zero-order valence-electron chi connectivity index (χ0n) is 4.93. The summed E-state index contributed by atoms with van der Waals surface area (Å²) in [5.41, 5.74) is 0. The van der Waals surface area contributed by atoms with E-state index in [0.29, 0.717) is 11.0 Å². The van der Waals surface area contributed by atoms with Crippen molar-refractivity contribution in [1.29, 1.82) is 0 Å². The van der Waals surface area contributed by atoms with E-state index >= 15 is 0 Å². The fourth-order valence-electron chi connectivity index (χ4n) is 0.441. The van der Waals surface area contributed by atoms with E-state index in [9.17, 15) is 0 Å². The molecule has 9 heavy (non-hydrogen) atoms. The first-order chi connectivity index (χ1) is 4.33. The van der Waals surface area contributed by atoms with Gasteiger partial charge in [0.1, 0.15) is 0 Å². The van der Waals surface area contributed by atoms with Gasteiger partial charge in [0.25, 0.3) is 0 Å². The first-order valence-corrected chi connectivity index (χ1v) is 2.86. The predicted molar refractivity (Wildman–Crippen MR) is 38.7 cm³/mol. The molecule has 0 unspecified atom stereocenters. The van der Waals surface area contributed by atoms with Crippen LogP contribution in [0.3, 0.4) is 0 Å². The topological polar surface area (TPSA) is 37.8 Å². The molecule has 1 heterocycles. The van der Waals surface area contributed by atoms with Gasteiger partial charge in [-0.2, -0.15) is 0 Å². The third-order valence-electron chi connectivity index (χ3n) is 0.844. The molecule has 0 saturated heterocycles. The van der Waals surface area contributed by atoms with Crippen molar-refractivity contribution < 1.29 is 1.43 Å². The Morgan fingerprint density at radius 3 is 2.56 bits per heavy atom. The van der Waals surface area contributed by atoms with Crippen molar-refractivity contribution in [3.8, 4) is 0 Å². The van der Waals surface area contributed by atoms with Gasteiger partial charge in [-0.05, 0) is 0 Å². The van der Waals surface area contributed by atoms with Gasteiger partial charge in [-0.3, -0.25) is 0 Å². The highest BCUT2D eigenvalue weighted by Gasteiger charge is 1.88. The molecule has 50 valence electrons. The van der Waals surface area contributed by atoms with E-state index in [-0.39, 0.29) is 1.43 Å². The molecule has 0 spiro atoms. The SMILES string of the molecule is CNc1ncc(Cl)cn1.[HH]. The Hall–Kier alpha value is -0.830. The second-order valence-corrected chi connectivity index (χ2v) is 1.91. The van der Waals surface area contributed by atoms with Gasteiger partial charge in [0.05, 0.1) is 17.4 Å². The van der Waals surface area contributed by atoms with E-state index in [4.69, 9.17) is 11.6 Å². The second kappa shape index (κ2) is 2.64. The first-order valence-electron chi connectivity index (χ1n) is 2.48. The molecule has 0 saturated carbocycles. The normalized spacial score (nSPS) is 9.11. The highest BCUT2D eigenvalue weighted by atomic mass is 35.5. The lowest BCUT2D eigenvalue weighted by atomic mass is 10.7. The van der Waals surface area contributed by atoms with Crippen LogP contribution in [0.4, 0.5) is 5.95 Å². The summed E-state index contributed by atoms with van der Waals surface area (Å²) in [4.78, 5) is 7.69. The average molecular weight is 146 g/mol. The van der Waals surface area contributed by atoms with Crippen LogP contribution in [-0.2, 0) is 0 Å². The van der Waals surface area contributed by atoms with Crippen LogP contribution in [0.1, 0.15) is 1.43 Å². The highest BCUT2D eigenvalue weighted by molar-refractivity contribution is 6.30. The Balaban J connectivity index is 0.000000810. The second-order valence-electron chi connectivity index (χ2n) is 1.47. The van der Waals surface area contributed by atoms with E-state index in [1.165, 1.54) is 0 Å². The molecule has 1 N–H and O–H groups in total. The molecular formula is C5H8ClN3. The van der Waals surface area contributed by atoms with Gasteiger partial charge in [0.2, 0.25) is 5.95 Å². The minimum absolute atomic E-state index is 0. The van der Waals surface area contributed by atoms with E-state index in [0.717, 1.165) is 0 Å². The van der Waals surface area contributed by atoms with Crippen LogP contribution >= 0.6 is 11.6 Å². The van der Waals surface area contributed by atoms with Crippen LogP contribution in [0.25, 0.3) is 0 Å². The van der Waals surface area contributed by atoms with E-state index in [2.05, 4.69) is 15.3 Å². The zero-order valence-corrected chi connectivity index (χ0v) is 5.68. The van der Waals surface area contributed by atoms with Crippen LogP contribution in [0.2, 0.25) is 5.02 Å². The van der Waals surface area contributed by atoms with Gasteiger partial charge >= 0.3 is 0 Å². The van der Waals surface area contributed by atoms with Crippen LogP contribution in [0.15, 0.2) is 12.4 Å². The van der Waals surface area contributed by atoms with Crippen molar-refractivity contribution in [3.63, 3.8) is 0 Å². The molecule has 3 nitrogen and oxygen atoms in total. The summed E-state index contributed by atoms with van der Waals surface area (Å²) < 4.78 is 0. The summed E-state index contributed by atoms with van der Waals surface area (Å²) in [5, 5.41) is 3.32. The van der Waals surface area contributed by atoms with Crippen molar-refractivity contribution in [3.05, 3.63) is 17.4 Å². The summed E-state index contributed by atoms with van der Waals surface area (Å²) in [6.07, 6.45) is 3.08. The maximum Gasteiger partial charge on any atom is 0.222 e. The molecule has 0 aliphatic rings. The summed E-state index contributed by atoms with van der Waals surface area (Å²) in [5.74, 6) is 0.583. The molecule has 0 atom stereocenters. The molecule has 0 aliphatic carbocycles. The largest absolute Gasteiger partial charge is 0.357 e. The van der Waals surface area contributed by atoms with Crippen LogP contribution < -0.4 is 5.32 Å². The molecule has 4 heteroatoms. The minimum atomic E-state index is 0. The molecular weight excluding hydrogens is 138 g/mol. The summed E-state index contributed by atoms with van der Waals surface area (Å²) >= 11 is 5.52. The highest BCUT2D eigenvalue weighted by Crippen LogP contribution is 2.03. The molecule has 1 aromatic rings. The number of hydrogen-bond acceptors (Lipinski definition) is 3.